The fraction of sp³-hybridized carbons (Fsp3) is 0. The smallest absolute Gasteiger partial charge is 0.269 e. The molecule has 0 saturated heterocycles. The second kappa shape index (κ2) is 7.14. The molecule has 0 heterocycles. The minimum absolute atomic E-state index is 0.0933. The maximum absolute atomic E-state index is 12.0. The number of benzene rings is 2. The van der Waals surface area contributed by atoms with Gasteiger partial charge in [-0.2, -0.15) is 0 Å². The van der Waals surface area contributed by atoms with Crippen LogP contribution in [0, 0.1) is 10.1 Å². The number of nitrogens with one attached hydrogen (secondary N) is 2. The summed E-state index contributed by atoms with van der Waals surface area (Å²) in [5, 5.41) is 10.9. The van der Waals surface area contributed by atoms with Crippen molar-refractivity contribution in [3.63, 3.8) is 0 Å². The number of carbonyl (C=O) groups is 1. The van der Waals surface area contributed by atoms with Gasteiger partial charge in [0.25, 0.3) is 21.6 Å². The minimum atomic E-state index is -4.09. The Hall–Kier alpha value is -2.20. The average molecular weight is 390 g/mol. The Morgan fingerprint density at radius 2 is 1.67 bits per heavy atom. The fourth-order valence-corrected chi connectivity index (χ4v) is 2.77. The molecule has 1 amide bonds. The first kappa shape index (κ1) is 18.1. The lowest BCUT2D eigenvalue weighted by Crippen LogP contribution is -2.41. The highest BCUT2D eigenvalue weighted by Gasteiger charge is 2.17. The minimum Gasteiger partial charge on any atom is -0.273 e. The van der Waals surface area contributed by atoms with Gasteiger partial charge >= 0.3 is 0 Å². The lowest BCUT2D eigenvalue weighted by Gasteiger charge is -2.09. The second-order valence-electron chi connectivity index (χ2n) is 4.44. The zero-order valence-corrected chi connectivity index (χ0v) is 14.0. The number of carbonyl (C=O) groups excluding carboxylic acids is 1. The second-order valence-corrected chi connectivity index (χ2v) is 6.94. The molecule has 0 aliphatic heterocycles. The topological polar surface area (TPSA) is 118 Å². The molecule has 0 radical (unpaired) electrons. The Morgan fingerprint density at radius 3 is 2.21 bits per heavy atom. The van der Waals surface area contributed by atoms with Crippen LogP contribution in [0.4, 0.5) is 5.69 Å². The van der Waals surface area contributed by atoms with E-state index in [1.807, 2.05) is 10.3 Å². The monoisotopic (exact) mass is 389 g/mol. The third-order valence-electron chi connectivity index (χ3n) is 2.84. The summed E-state index contributed by atoms with van der Waals surface area (Å²) in [7, 11) is -4.09. The number of rotatable bonds is 5. The SMILES string of the molecule is O=C(NNS(=O)(=O)c1ccc([N+](=O)[O-])cc1)c1ccc(Cl)c(Cl)c1. The average Bonchev–Trinajstić information content (AvgIpc) is 2.55. The van der Waals surface area contributed by atoms with Crippen LogP contribution in [-0.2, 0) is 10.0 Å². The van der Waals surface area contributed by atoms with Gasteiger partial charge in [-0.1, -0.05) is 23.2 Å². The molecule has 0 unspecified atom stereocenters. The van der Waals surface area contributed by atoms with Crippen LogP contribution in [0.2, 0.25) is 10.0 Å². The molecule has 24 heavy (non-hydrogen) atoms. The van der Waals surface area contributed by atoms with Crippen molar-refractivity contribution < 1.29 is 18.1 Å². The predicted molar refractivity (Wildman–Crippen MR) is 87.3 cm³/mol. The molecule has 0 spiro atoms. The van der Waals surface area contributed by atoms with Crippen LogP contribution in [0.1, 0.15) is 10.4 Å². The van der Waals surface area contributed by atoms with E-state index in [-0.39, 0.29) is 26.2 Å². The van der Waals surface area contributed by atoms with E-state index < -0.39 is 20.9 Å². The fourth-order valence-electron chi connectivity index (χ4n) is 1.63. The lowest BCUT2D eigenvalue weighted by molar-refractivity contribution is -0.384. The molecule has 0 aromatic heterocycles. The predicted octanol–water partition coefficient (Wildman–Crippen LogP) is 2.52. The third kappa shape index (κ3) is 4.20. The van der Waals surface area contributed by atoms with E-state index in [4.69, 9.17) is 23.2 Å². The van der Waals surface area contributed by atoms with Gasteiger partial charge in [0.05, 0.1) is 19.9 Å². The van der Waals surface area contributed by atoms with Crippen LogP contribution < -0.4 is 10.3 Å². The van der Waals surface area contributed by atoms with E-state index in [9.17, 15) is 23.3 Å². The number of hydrazine groups is 1. The quantitative estimate of drug-likeness (QED) is 0.601. The molecule has 0 atom stereocenters. The van der Waals surface area contributed by atoms with E-state index in [1.54, 1.807) is 0 Å². The van der Waals surface area contributed by atoms with Gasteiger partial charge in [0, 0.05) is 17.7 Å². The van der Waals surface area contributed by atoms with Crippen LogP contribution in [0.5, 0.6) is 0 Å². The van der Waals surface area contributed by atoms with E-state index in [2.05, 4.69) is 0 Å². The summed E-state index contributed by atoms with van der Waals surface area (Å²) in [4.78, 5) is 23.4. The first-order valence-corrected chi connectivity index (χ1v) is 8.46. The highest BCUT2D eigenvalue weighted by atomic mass is 35.5. The Kier molecular flexibility index (Phi) is 5.40. The molecule has 0 saturated carbocycles. The first-order valence-electron chi connectivity index (χ1n) is 6.22. The Balaban J connectivity index is 2.10. The van der Waals surface area contributed by atoms with Crippen LogP contribution in [-0.4, -0.2) is 19.2 Å². The Morgan fingerprint density at radius 1 is 1.04 bits per heavy atom. The van der Waals surface area contributed by atoms with Gasteiger partial charge in [-0.25, -0.2) is 8.42 Å². The summed E-state index contributed by atoms with van der Waals surface area (Å²) in [5.74, 6) is -0.751. The van der Waals surface area contributed by atoms with Gasteiger partial charge in [0.15, 0.2) is 0 Å². The van der Waals surface area contributed by atoms with Crippen molar-refractivity contribution in [3.05, 3.63) is 68.2 Å². The number of halogens is 2. The summed E-state index contributed by atoms with van der Waals surface area (Å²) in [6, 6.07) is 8.20. The van der Waals surface area contributed by atoms with E-state index >= 15 is 0 Å². The molecule has 2 aromatic rings. The Labute approximate surface area is 146 Å². The number of amides is 1. The van der Waals surface area contributed by atoms with Gasteiger partial charge in [0.1, 0.15) is 0 Å². The standard InChI is InChI=1S/C13H9Cl2N3O5S/c14-11-6-1-8(7-12(11)15)13(19)16-17-24(22,23)10-4-2-9(3-5-10)18(20)21/h1-7,17H,(H,16,19). The maximum atomic E-state index is 12.0. The van der Waals surface area contributed by atoms with Crippen molar-refractivity contribution in [2.24, 2.45) is 0 Å². The maximum Gasteiger partial charge on any atom is 0.269 e. The molecule has 126 valence electrons. The summed E-state index contributed by atoms with van der Waals surface area (Å²) in [6.45, 7) is 0. The number of non-ortho nitro benzene ring substituents is 1. The van der Waals surface area contributed by atoms with Crippen LogP contribution in [0.3, 0.4) is 0 Å². The van der Waals surface area contributed by atoms with Crippen molar-refractivity contribution in [1.82, 2.24) is 10.3 Å². The third-order valence-corrected chi connectivity index (χ3v) is 4.84. The molecule has 0 bridgehead atoms. The van der Waals surface area contributed by atoms with Crippen LogP contribution in [0.25, 0.3) is 0 Å². The number of nitrogens with zero attached hydrogens (tertiary/aromatic N) is 1. The van der Waals surface area contributed by atoms with Crippen LogP contribution in [0.15, 0.2) is 47.4 Å². The molecule has 2 N–H and O–H groups in total. The summed E-state index contributed by atoms with van der Waals surface area (Å²) in [6.07, 6.45) is 0. The van der Waals surface area contributed by atoms with Crippen molar-refractivity contribution in [2.75, 3.05) is 0 Å². The summed E-state index contributed by atoms with van der Waals surface area (Å²) < 4.78 is 24.1. The van der Waals surface area contributed by atoms with Gasteiger partial charge in [-0.15, -0.1) is 4.83 Å². The highest BCUT2D eigenvalue weighted by molar-refractivity contribution is 7.89. The van der Waals surface area contributed by atoms with Gasteiger partial charge < -0.3 is 0 Å². The number of hydrogen-bond acceptors (Lipinski definition) is 5. The summed E-state index contributed by atoms with van der Waals surface area (Å²) in [5.41, 5.74) is 1.85. The number of hydrogen-bond donors (Lipinski definition) is 2. The Bertz CT molecular complexity index is 900. The number of nitro groups is 1. The van der Waals surface area contributed by atoms with Gasteiger partial charge in [-0.05, 0) is 30.3 Å². The summed E-state index contributed by atoms with van der Waals surface area (Å²) >= 11 is 11.5. The molecule has 11 heteroatoms. The number of sulfonamides is 1. The molecular weight excluding hydrogens is 381 g/mol. The largest absolute Gasteiger partial charge is 0.273 e. The van der Waals surface area contributed by atoms with Crippen LogP contribution >= 0.6 is 23.2 Å². The van der Waals surface area contributed by atoms with Gasteiger partial charge in [-0.3, -0.25) is 20.3 Å². The molecule has 0 aliphatic rings. The lowest BCUT2D eigenvalue weighted by atomic mass is 10.2. The van der Waals surface area contributed by atoms with Crippen molar-refractivity contribution >= 4 is 44.8 Å². The normalized spacial score (nSPS) is 11.1. The van der Waals surface area contributed by atoms with Gasteiger partial charge in [0.2, 0.25) is 0 Å². The molecule has 8 nitrogen and oxygen atoms in total. The van der Waals surface area contributed by atoms with E-state index in [1.165, 1.54) is 18.2 Å². The zero-order chi connectivity index (χ0) is 17.9. The molecule has 0 fully saturated rings. The first-order chi connectivity index (χ1) is 11.2. The molecule has 2 rings (SSSR count). The van der Waals surface area contributed by atoms with Crippen molar-refractivity contribution in [1.29, 1.82) is 0 Å². The molecule has 0 aliphatic carbocycles. The molecular formula is C13H9Cl2N3O5S. The molecule has 2 aromatic carbocycles. The van der Waals surface area contributed by atoms with Crippen molar-refractivity contribution in [3.8, 4) is 0 Å². The zero-order valence-electron chi connectivity index (χ0n) is 11.7. The van der Waals surface area contributed by atoms with E-state index in [0.29, 0.717) is 0 Å². The number of nitro benzene ring substituents is 1. The van der Waals surface area contributed by atoms with E-state index in [0.717, 1.165) is 24.3 Å². The highest BCUT2D eigenvalue weighted by Crippen LogP contribution is 2.22. The van der Waals surface area contributed by atoms with Crippen molar-refractivity contribution in [2.45, 2.75) is 4.90 Å².